The summed E-state index contributed by atoms with van der Waals surface area (Å²) in [5, 5.41) is 13.2. The van der Waals surface area contributed by atoms with Crippen LogP contribution in [0.4, 0.5) is 4.39 Å². The van der Waals surface area contributed by atoms with Crippen molar-refractivity contribution in [3.8, 4) is 0 Å². The number of amides is 2. The van der Waals surface area contributed by atoms with Crippen molar-refractivity contribution in [3.05, 3.63) is 70.6 Å². The zero-order valence-electron chi connectivity index (χ0n) is 18.6. The van der Waals surface area contributed by atoms with Crippen LogP contribution in [0.15, 0.2) is 48.7 Å². The first-order valence-corrected chi connectivity index (χ1v) is 11.4. The molecule has 0 aliphatic carbocycles. The average Bonchev–Trinajstić information content (AvgIpc) is 3.42. The van der Waals surface area contributed by atoms with Crippen LogP contribution in [0.5, 0.6) is 0 Å². The van der Waals surface area contributed by atoms with Gasteiger partial charge in [-0.3, -0.25) is 14.4 Å². The number of fused-ring (bicyclic) bond motifs is 1. The number of ketones is 1. The lowest BCUT2D eigenvalue weighted by Gasteiger charge is -2.29. The molecule has 2 aromatic carbocycles. The van der Waals surface area contributed by atoms with Gasteiger partial charge in [0.2, 0.25) is 11.8 Å². The Morgan fingerprint density at radius 1 is 1.15 bits per heavy atom. The Labute approximate surface area is 201 Å². The van der Waals surface area contributed by atoms with Gasteiger partial charge in [-0.05, 0) is 31.9 Å². The van der Waals surface area contributed by atoms with Crippen molar-refractivity contribution >= 4 is 40.1 Å². The minimum absolute atomic E-state index is 0.0337. The second-order valence-electron chi connectivity index (χ2n) is 8.41. The van der Waals surface area contributed by atoms with Crippen molar-refractivity contribution in [2.45, 2.75) is 44.9 Å². The van der Waals surface area contributed by atoms with E-state index < -0.39 is 23.8 Å². The molecule has 0 bridgehead atoms. The van der Waals surface area contributed by atoms with Gasteiger partial charge < -0.3 is 19.9 Å². The van der Waals surface area contributed by atoms with E-state index in [0.717, 1.165) is 10.9 Å². The van der Waals surface area contributed by atoms with E-state index in [1.165, 1.54) is 24.0 Å². The topological polar surface area (TPSA) is 91.6 Å². The quantitative estimate of drug-likeness (QED) is 0.502. The Bertz CT molecular complexity index is 1260. The number of aliphatic hydroxyl groups is 1. The molecule has 4 rings (SSSR count). The van der Waals surface area contributed by atoms with Crippen molar-refractivity contribution in [2.75, 3.05) is 6.61 Å². The number of nitrogens with one attached hydrogen (secondary N) is 1. The van der Waals surface area contributed by atoms with E-state index in [1.807, 2.05) is 24.3 Å². The number of hydrogen-bond acceptors (Lipinski definition) is 4. The van der Waals surface area contributed by atoms with Crippen LogP contribution >= 0.6 is 11.6 Å². The lowest BCUT2D eigenvalue weighted by molar-refractivity contribution is -0.141. The van der Waals surface area contributed by atoms with Gasteiger partial charge in [-0.2, -0.15) is 0 Å². The Hall–Kier alpha value is -3.23. The first kappa shape index (κ1) is 23.9. The molecule has 2 atom stereocenters. The third kappa shape index (κ3) is 4.56. The van der Waals surface area contributed by atoms with Crippen LogP contribution in [0.25, 0.3) is 10.9 Å². The normalized spacial score (nSPS) is 17.8. The summed E-state index contributed by atoms with van der Waals surface area (Å²) in [6, 6.07) is 10.6. The van der Waals surface area contributed by atoms with Crippen molar-refractivity contribution in [1.82, 2.24) is 14.8 Å². The zero-order valence-corrected chi connectivity index (χ0v) is 19.4. The average molecular weight is 486 g/mol. The van der Waals surface area contributed by atoms with Crippen molar-refractivity contribution in [2.24, 2.45) is 0 Å². The van der Waals surface area contributed by atoms with Gasteiger partial charge in [0, 0.05) is 34.8 Å². The Morgan fingerprint density at radius 2 is 1.91 bits per heavy atom. The second-order valence-corrected chi connectivity index (χ2v) is 8.81. The SMILES string of the molecule is CC(=O)c1cn(CC(=O)N2C(CO)CCC2C(=O)NCc2cccc(Cl)c2F)c2ccccc12. The molecule has 1 aliphatic heterocycles. The van der Waals surface area contributed by atoms with Crippen LogP contribution in [0, 0.1) is 5.82 Å². The van der Waals surface area contributed by atoms with Gasteiger partial charge in [0.25, 0.3) is 0 Å². The number of carbonyl (C=O) groups is 3. The molecule has 2 amide bonds. The van der Waals surface area contributed by atoms with E-state index in [2.05, 4.69) is 5.32 Å². The number of carbonyl (C=O) groups excluding carboxylic acids is 3. The molecular weight excluding hydrogens is 461 g/mol. The Kier molecular flexibility index (Phi) is 7.00. The van der Waals surface area contributed by atoms with Crippen LogP contribution < -0.4 is 5.32 Å². The summed E-state index contributed by atoms with van der Waals surface area (Å²) in [6.45, 7) is 1.04. The smallest absolute Gasteiger partial charge is 0.243 e. The zero-order chi connectivity index (χ0) is 24.4. The summed E-state index contributed by atoms with van der Waals surface area (Å²) < 4.78 is 15.9. The minimum Gasteiger partial charge on any atom is -0.394 e. The number of aromatic nitrogens is 1. The van der Waals surface area contributed by atoms with Gasteiger partial charge in [-0.25, -0.2) is 4.39 Å². The molecule has 34 heavy (non-hydrogen) atoms. The lowest BCUT2D eigenvalue weighted by atomic mass is 10.1. The molecule has 2 N–H and O–H groups in total. The first-order valence-electron chi connectivity index (χ1n) is 11.0. The molecule has 0 saturated carbocycles. The summed E-state index contributed by atoms with van der Waals surface area (Å²) in [6.07, 6.45) is 2.49. The van der Waals surface area contributed by atoms with Crippen LogP contribution in [0.2, 0.25) is 5.02 Å². The van der Waals surface area contributed by atoms with Crippen molar-refractivity contribution in [3.63, 3.8) is 0 Å². The fourth-order valence-corrected chi connectivity index (χ4v) is 4.76. The maximum absolute atomic E-state index is 14.2. The van der Waals surface area contributed by atoms with Crippen molar-refractivity contribution in [1.29, 1.82) is 0 Å². The summed E-state index contributed by atoms with van der Waals surface area (Å²) in [7, 11) is 0. The lowest BCUT2D eigenvalue weighted by Crippen LogP contribution is -2.50. The fourth-order valence-electron chi connectivity index (χ4n) is 4.57. The molecule has 1 aromatic heterocycles. The van der Waals surface area contributed by atoms with Crippen LogP contribution in [-0.2, 0) is 22.7 Å². The molecule has 2 unspecified atom stereocenters. The van der Waals surface area contributed by atoms with E-state index in [-0.39, 0.29) is 42.0 Å². The van der Waals surface area contributed by atoms with Crippen molar-refractivity contribution < 1.29 is 23.9 Å². The highest BCUT2D eigenvalue weighted by Crippen LogP contribution is 2.27. The van der Waals surface area contributed by atoms with E-state index in [9.17, 15) is 23.9 Å². The number of benzene rings is 2. The number of nitrogens with zero attached hydrogens (tertiary/aromatic N) is 2. The maximum Gasteiger partial charge on any atom is 0.243 e. The number of hydrogen-bond donors (Lipinski definition) is 2. The predicted octanol–water partition coefficient (Wildman–Crippen LogP) is 3.30. The number of rotatable bonds is 7. The van der Waals surface area contributed by atoms with E-state index in [1.54, 1.807) is 16.8 Å². The summed E-state index contributed by atoms with van der Waals surface area (Å²) in [4.78, 5) is 39.8. The minimum atomic E-state index is -0.791. The van der Waals surface area contributed by atoms with Gasteiger partial charge in [-0.1, -0.05) is 41.9 Å². The van der Waals surface area contributed by atoms with E-state index in [0.29, 0.717) is 18.4 Å². The maximum atomic E-state index is 14.2. The van der Waals surface area contributed by atoms with Gasteiger partial charge in [0.15, 0.2) is 5.78 Å². The number of aliphatic hydroxyl groups excluding tert-OH is 1. The molecule has 0 radical (unpaired) electrons. The fraction of sp³-hybridized carbons (Fsp3) is 0.320. The molecule has 2 heterocycles. The van der Waals surface area contributed by atoms with Crippen LogP contribution in [-0.4, -0.2) is 50.9 Å². The molecule has 9 heteroatoms. The van der Waals surface area contributed by atoms with E-state index in [4.69, 9.17) is 11.6 Å². The molecule has 1 saturated heterocycles. The molecule has 3 aromatic rings. The number of para-hydroxylation sites is 1. The van der Waals surface area contributed by atoms with Gasteiger partial charge in [-0.15, -0.1) is 0 Å². The van der Waals surface area contributed by atoms with Crippen LogP contribution in [0.1, 0.15) is 35.7 Å². The summed E-state index contributed by atoms with van der Waals surface area (Å²) in [5.74, 6) is -1.48. The largest absolute Gasteiger partial charge is 0.394 e. The highest BCUT2D eigenvalue weighted by molar-refractivity contribution is 6.30. The number of halogens is 2. The van der Waals surface area contributed by atoms with Gasteiger partial charge in [0.05, 0.1) is 17.7 Å². The highest BCUT2D eigenvalue weighted by atomic mass is 35.5. The molecular formula is C25H25ClFN3O4. The molecule has 178 valence electrons. The Balaban J connectivity index is 1.53. The monoisotopic (exact) mass is 485 g/mol. The summed E-state index contributed by atoms with van der Waals surface area (Å²) >= 11 is 5.81. The molecule has 1 aliphatic rings. The predicted molar refractivity (Wildman–Crippen MR) is 126 cm³/mol. The third-order valence-electron chi connectivity index (χ3n) is 6.26. The first-order chi connectivity index (χ1) is 16.3. The number of Topliss-reactive ketones (excluding diaryl/α,β-unsaturated/α-hetero) is 1. The van der Waals surface area contributed by atoms with E-state index >= 15 is 0 Å². The molecule has 7 nitrogen and oxygen atoms in total. The van der Waals surface area contributed by atoms with Gasteiger partial charge in [0.1, 0.15) is 18.4 Å². The number of likely N-dealkylation sites (tertiary alicyclic amines) is 1. The third-order valence-corrected chi connectivity index (χ3v) is 6.55. The molecule has 0 spiro atoms. The van der Waals surface area contributed by atoms with Crippen LogP contribution in [0.3, 0.4) is 0 Å². The van der Waals surface area contributed by atoms with Gasteiger partial charge >= 0.3 is 0 Å². The summed E-state index contributed by atoms with van der Waals surface area (Å²) in [5.41, 5.74) is 1.49. The Morgan fingerprint density at radius 3 is 2.65 bits per heavy atom. The molecule has 1 fully saturated rings. The standard InChI is InChI=1S/C25H25ClFN3O4/c1-15(32)19-12-29(21-8-3-2-6-18(19)21)13-23(33)30-17(14-31)9-10-22(30)25(34)28-11-16-5-4-7-20(26)24(16)27/h2-8,12,17,22,31H,9-11,13-14H2,1H3,(H,28,34). The second kappa shape index (κ2) is 9.95. The highest BCUT2D eigenvalue weighted by Gasteiger charge is 2.40.